The molecule has 2 rings (SSSR count). The first-order valence-electron chi connectivity index (χ1n) is 6.42. The molecule has 0 heterocycles. The van der Waals surface area contributed by atoms with Gasteiger partial charge in [0, 0.05) is 10.1 Å². The summed E-state index contributed by atoms with van der Waals surface area (Å²) >= 11 is 13.9. The third-order valence-electron chi connectivity index (χ3n) is 3.67. The smallest absolute Gasteiger partial charge is 0.0603 e. The van der Waals surface area contributed by atoms with Crippen LogP contribution in [0.4, 0.5) is 0 Å². The molecule has 3 unspecified atom stereocenters. The molecule has 0 spiro atoms. The molecule has 0 bridgehead atoms. The maximum atomic E-state index is 6.06. The van der Waals surface area contributed by atoms with Crippen molar-refractivity contribution in [3.8, 4) is 0 Å². The minimum absolute atomic E-state index is 0.607. The monoisotopic (exact) mass is 303 g/mol. The maximum absolute atomic E-state index is 6.06. The predicted octanol–water partition coefficient (Wildman–Crippen LogP) is 4.85. The highest BCUT2D eigenvalue weighted by Crippen LogP contribution is 2.40. The Balaban J connectivity index is 2.08. The third kappa shape index (κ3) is 3.57. The van der Waals surface area contributed by atoms with Crippen molar-refractivity contribution in [2.75, 3.05) is 6.54 Å². The molecule has 0 saturated heterocycles. The molecule has 2 N–H and O–H groups in total. The van der Waals surface area contributed by atoms with Crippen LogP contribution in [0.25, 0.3) is 0 Å². The second-order valence-electron chi connectivity index (χ2n) is 5.15. The van der Waals surface area contributed by atoms with Gasteiger partial charge >= 0.3 is 0 Å². The Hall–Kier alpha value is 0.110. The van der Waals surface area contributed by atoms with Crippen LogP contribution in [0.15, 0.2) is 23.1 Å². The van der Waals surface area contributed by atoms with Gasteiger partial charge in [0.05, 0.1) is 10.0 Å². The quantitative estimate of drug-likeness (QED) is 0.864. The number of hydrogen-bond donors (Lipinski definition) is 1. The molecule has 0 aromatic heterocycles. The van der Waals surface area contributed by atoms with E-state index in [-0.39, 0.29) is 0 Å². The average Bonchev–Trinajstić information content (AvgIpc) is 2.34. The molecule has 1 aromatic carbocycles. The van der Waals surface area contributed by atoms with E-state index in [1.165, 1.54) is 24.2 Å². The van der Waals surface area contributed by atoms with Crippen molar-refractivity contribution in [2.24, 2.45) is 17.6 Å². The van der Waals surface area contributed by atoms with Gasteiger partial charge in [0.15, 0.2) is 0 Å². The van der Waals surface area contributed by atoms with Gasteiger partial charge in [0.1, 0.15) is 0 Å². The Bertz CT molecular complexity index is 411. The van der Waals surface area contributed by atoms with Crippen molar-refractivity contribution in [1.82, 2.24) is 0 Å². The first-order valence-corrected chi connectivity index (χ1v) is 8.05. The van der Waals surface area contributed by atoms with Crippen molar-refractivity contribution in [2.45, 2.75) is 36.3 Å². The normalized spacial score (nSPS) is 28.3. The lowest BCUT2D eigenvalue weighted by Gasteiger charge is -2.33. The van der Waals surface area contributed by atoms with E-state index in [2.05, 4.69) is 6.92 Å². The van der Waals surface area contributed by atoms with Crippen molar-refractivity contribution < 1.29 is 0 Å². The summed E-state index contributed by atoms with van der Waals surface area (Å²) in [5.74, 6) is 1.42. The highest BCUT2D eigenvalue weighted by Gasteiger charge is 2.28. The van der Waals surface area contributed by atoms with Crippen molar-refractivity contribution in [1.29, 1.82) is 0 Å². The molecule has 1 aromatic rings. The summed E-state index contributed by atoms with van der Waals surface area (Å²) in [7, 11) is 0. The Morgan fingerprint density at radius 1 is 1.28 bits per heavy atom. The maximum Gasteiger partial charge on any atom is 0.0603 e. The van der Waals surface area contributed by atoms with Gasteiger partial charge in [-0.15, -0.1) is 11.8 Å². The fraction of sp³-hybridized carbons (Fsp3) is 0.571. The molecule has 1 aliphatic rings. The van der Waals surface area contributed by atoms with E-state index in [9.17, 15) is 0 Å². The Morgan fingerprint density at radius 3 is 2.72 bits per heavy atom. The van der Waals surface area contributed by atoms with Gasteiger partial charge in [-0.05, 0) is 49.4 Å². The SMILES string of the molecule is CC1CCC(CN)C(Sc2ccc(Cl)c(Cl)c2)C1. The lowest BCUT2D eigenvalue weighted by atomic mass is 9.82. The van der Waals surface area contributed by atoms with E-state index in [0.717, 1.165) is 12.5 Å². The molecule has 1 saturated carbocycles. The highest BCUT2D eigenvalue weighted by atomic mass is 35.5. The molecular formula is C14H19Cl2NS. The van der Waals surface area contributed by atoms with E-state index >= 15 is 0 Å². The Labute approximate surface area is 123 Å². The van der Waals surface area contributed by atoms with Gasteiger partial charge in [0.25, 0.3) is 0 Å². The molecular weight excluding hydrogens is 285 g/mol. The van der Waals surface area contributed by atoms with E-state index in [1.54, 1.807) is 0 Å². The summed E-state index contributed by atoms with van der Waals surface area (Å²) in [6.07, 6.45) is 3.80. The van der Waals surface area contributed by atoms with Crippen molar-refractivity contribution in [3.05, 3.63) is 28.2 Å². The Morgan fingerprint density at radius 2 is 2.06 bits per heavy atom. The summed E-state index contributed by atoms with van der Waals surface area (Å²) in [6, 6.07) is 5.88. The summed E-state index contributed by atoms with van der Waals surface area (Å²) in [5.41, 5.74) is 5.89. The summed E-state index contributed by atoms with van der Waals surface area (Å²) < 4.78 is 0. The molecule has 0 amide bonds. The van der Waals surface area contributed by atoms with Gasteiger partial charge in [-0.2, -0.15) is 0 Å². The molecule has 18 heavy (non-hydrogen) atoms. The molecule has 0 aliphatic heterocycles. The first-order chi connectivity index (χ1) is 8.60. The molecule has 0 radical (unpaired) electrons. The van der Waals surface area contributed by atoms with Gasteiger partial charge < -0.3 is 5.73 Å². The first kappa shape index (κ1) is 14.5. The topological polar surface area (TPSA) is 26.0 Å². The van der Waals surface area contributed by atoms with Crippen LogP contribution in [0.1, 0.15) is 26.2 Å². The zero-order valence-electron chi connectivity index (χ0n) is 10.5. The standard InChI is InChI=1S/C14H19Cl2NS/c1-9-2-3-10(8-17)14(6-9)18-11-4-5-12(15)13(16)7-11/h4-5,7,9-10,14H,2-3,6,8,17H2,1H3. The minimum atomic E-state index is 0.607. The molecule has 1 fully saturated rings. The number of rotatable bonds is 3. The van der Waals surface area contributed by atoms with Crippen LogP contribution in [-0.4, -0.2) is 11.8 Å². The number of benzene rings is 1. The zero-order valence-corrected chi connectivity index (χ0v) is 12.9. The lowest BCUT2D eigenvalue weighted by Crippen LogP contribution is -2.31. The van der Waals surface area contributed by atoms with E-state index in [0.29, 0.717) is 21.2 Å². The number of thioether (sulfide) groups is 1. The van der Waals surface area contributed by atoms with E-state index in [1.807, 2.05) is 30.0 Å². The predicted molar refractivity (Wildman–Crippen MR) is 81.7 cm³/mol. The van der Waals surface area contributed by atoms with Crippen molar-refractivity contribution in [3.63, 3.8) is 0 Å². The number of halogens is 2. The molecule has 4 heteroatoms. The average molecular weight is 304 g/mol. The van der Waals surface area contributed by atoms with E-state index in [4.69, 9.17) is 28.9 Å². The summed E-state index contributed by atoms with van der Waals surface area (Å²) in [4.78, 5) is 1.20. The summed E-state index contributed by atoms with van der Waals surface area (Å²) in [5, 5.41) is 1.86. The second kappa shape index (κ2) is 6.51. The minimum Gasteiger partial charge on any atom is -0.330 e. The molecule has 100 valence electrons. The van der Waals surface area contributed by atoms with Gasteiger partial charge in [0.2, 0.25) is 0 Å². The fourth-order valence-electron chi connectivity index (χ4n) is 2.53. The van der Waals surface area contributed by atoms with Crippen LogP contribution in [0.2, 0.25) is 10.0 Å². The van der Waals surface area contributed by atoms with Crippen LogP contribution in [0.3, 0.4) is 0 Å². The van der Waals surface area contributed by atoms with Gasteiger partial charge in [-0.3, -0.25) is 0 Å². The largest absolute Gasteiger partial charge is 0.330 e. The molecule has 1 aliphatic carbocycles. The van der Waals surface area contributed by atoms with Crippen LogP contribution in [0.5, 0.6) is 0 Å². The van der Waals surface area contributed by atoms with Crippen LogP contribution in [0, 0.1) is 11.8 Å². The summed E-state index contributed by atoms with van der Waals surface area (Å²) in [6.45, 7) is 3.11. The van der Waals surface area contributed by atoms with Gasteiger partial charge in [-0.1, -0.05) is 36.5 Å². The number of hydrogen-bond acceptors (Lipinski definition) is 2. The second-order valence-corrected chi connectivity index (χ2v) is 7.27. The number of nitrogens with two attached hydrogens (primary N) is 1. The van der Waals surface area contributed by atoms with E-state index < -0.39 is 0 Å². The fourth-order valence-corrected chi connectivity index (χ4v) is 4.44. The van der Waals surface area contributed by atoms with Crippen molar-refractivity contribution >= 4 is 35.0 Å². The molecule has 1 nitrogen and oxygen atoms in total. The third-order valence-corrected chi connectivity index (χ3v) is 5.82. The van der Waals surface area contributed by atoms with Crippen LogP contribution in [-0.2, 0) is 0 Å². The highest BCUT2D eigenvalue weighted by molar-refractivity contribution is 8.00. The molecule has 3 atom stereocenters. The Kier molecular flexibility index (Phi) is 5.25. The van der Waals surface area contributed by atoms with Gasteiger partial charge in [-0.25, -0.2) is 0 Å². The van der Waals surface area contributed by atoms with Crippen LogP contribution < -0.4 is 5.73 Å². The van der Waals surface area contributed by atoms with Crippen LogP contribution >= 0.6 is 35.0 Å². The lowest BCUT2D eigenvalue weighted by molar-refractivity contribution is 0.306. The zero-order chi connectivity index (χ0) is 13.1.